The van der Waals surface area contributed by atoms with Crippen LogP contribution in [0.3, 0.4) is 0 Å². The first-order valence-corrected chi connectivity index (χ1v) is 6.78. The summed E-state index contributed by atoms with van der Waals surface area (Å²) in [6.07, 6.45) is 0.876. The van der Waals surface area contributed by atoms with E-state index in [1.54, 1.807) is 22.2 Å². The minimum Gasteiger partial charge on any atom is -0.382 e. The Labute approximate surface area is 110 Å². The van der Waals surface area contributed by atoms with Gasteiger partial charge in [0.05, 0.1) is 16.9 Å². The molecule has 0 amide bonds. The molecule has 3 nitrogen and oxygen atoms in total. The van der Waals surface area contributed by atoms with Crippen molar-refractivity contribution in [3.05, 3.63) is 38.8 Å². The number of hydrogen-bond acceptors (Lipinski definition) is 3. The largest absolute Gasteiger partial charge is 0.382 e. The first-order chi connectivity index (χ1) is 8.02. The fourth-order valence-corrected chi connectivity index (χ4v) is 2.92. The van der Waals surface area contributed by atoms with E-state index in [1.165, 1.54) is 0 Å². The van der Waals surface area contributed by atoms with Gasteiger partial charge in [0.25, 0.3) is 0 Å². The van der Waals surface area contributed by atoms with Gasteiger partial charge in [0, 0.05) is 11.6 Å². The van der Waals surface area contributed by atoms with Crippen LogP contribution in [-0.2, 0) is 0 Å². The molecule has 1 N–H and O–H groups in total. The maximum Gasteiger partial charge on any atom is 0.123 e. The standard InChI is InChI=1S/C12H15ClN2OS/c1-7(2)15-11(10(13)4-14-15)12(16)9-6-17-5-8(9)3/h4-7,12,16H,1-3H3. The minimum atomic E-state index is -0.710. The monoisotopic (exact) mass is 270 g/mol. The number of aliphatic hydroxyl groups is 1. The molecule has 0 fully saturated rings. The number of thiophene rings is 1. The van der Waals surface area contributed by atoms with Crippen molar-refractivity contribution >= 4 is 22.9 Å². The highest BCUT2D eigenvalue weighted by molar-refractivity contribution is 7.08. The molecule has 0 saturated carbocycles. The quantitative estimate of drug-likeness (QED) is 0.926. The number of aryl methyl sites for hydroxylation is 1. The zero-order valence-corrected chi connectivity index (χ0v) is 11.6. The molecule has 2 aromatic rings. The second-order valence-electron chi connectivity index (χ2n) is 4.33. The normalized spacial score (nSPS) is 13.3. The van der Waals surface area contributed by atoms with Gasteiger partial charge in [-0.3, -0.25) is 4.68 Å². The van der Waals surface area contributed by atoms with E-state index < -0.39 is 6.10 Å². The van der Waals surface area contributed by atoms with Crippen molar-refractivity contribution in [2.45, 2.75) is 32.9 Å². The third kappa shape index (κ3) is 2.25. The van der Waals surface area contributed by atoms with E-state index >= 15 is 0 Å². The van der Waals surface area contributed by atoms with Crippen LogP contribution >= 0.6 is 22.9 Å². The Balaban J connectivity index is 2.47. The van der Waals surface area contributed by atoms with Gasteiger partial charge in [-0.2, -0.15) is 16.4 Å². The van der Waals surface area contributed by atoms with Crippen LogP contribution in [0, 0.1) is 6.92 Å². The van der Waals surface area contributed by atoms with Crippen molar-refractivity contribution in [3.63, 3.8) is 0 Å². The van der Waals surface area contributed by atoms with Gasteiger partial charge in [0.1, 0.15) is 6.10 Å². The van der Waals surface area contributed by atoms with Gasteiger partial charge in [0.15, 0.2) is 0 Å². The Kier molecular flexibility index (Phi) is 3.56. The van der Waals surface area contributed by atoms with Crippen molar-refractivity contribution in [1.82, 2.24) is 9.78 Å². The molecule has 0 aliphatic rings. The Morgan fingerprint density at radius 2 is 2.12 bits per heavy atom. The van der Waals surface area contributed by atoms with E-state index in [0.717, 1.165) is 11.1 Å². The lowest BCUT2D eigenvalue weighted by atomic mass is 10.1. The van der Waals surface area contributed by atoms with Crippen LogP contribution in [0.2, 0.25) is 5.02 Å². The summed E-state index contributed by atoms with van der Waals surface area (Å²) in [5, 5.41) is 19.1. The highest BCUT2D eigenvalue weighted by Gasteiger charge is 2.22. The number of nitrogens with zero attached hydrogens (tertiary/aromatic N) is 2. The predicted octanol–water partition coefficient (Wildman–Crippen LogP) is 3.57. The van der Waals surface area contributed by atoms with Gasteiger partial charge < -0.3 is 5.11 Å². The Morgan fingerprint density at radius 1 is 1.41 bits per heavy atom. The molecule has 0 saturated heterocycles. The Morgan fingerprint density at radius 3 is 2.65 bits per heavy atom. The summed E-state index contributed by atoms with van der Waals surface area (Å²) in [5.41, 5.74) is 2.65. The molecule has 0 aliphatic heterocycles. The molecule has 2 heterocycles. The van der Waals surface area contributed by atoms with Crippen LogP contribution < -0.4 is 0 Å². The van der Waals surface area contributed by atoms with Crippen molar-refractivity contribution in [3.8, 4) is 0 Å². The third-order valence-electron chi connectivity index (χ3n) is 2.72. The first kappa shape index (κ1) is 12.6. The maximum atomic E-state index is 10.4. The van der Waals surface area contributed by atoms with Gasteiger partial charge in [0.2, 0.25) is 0 Å². The number of hydrogen-bond donors (Lipinski definition) is 1. The molecular weight excluding hydrogens is 256 g/mol. The molecule has 5 heteroatoms. The molecule has 2 aromatic heterocycles. The second kappa shape index (κ2) is 4.80. The van der Waals surface area contributed by atoms with Crippen LogP contribution in [0.5, 0.6) is 0 Å². The molecule has 0 radical (unpaired) electrons. The predicted molar refractivity (Wildman–Crippen MR) is 70.7 cm³/mol. The van der Waals surface area contributed by atoms with Crippen LogP contribution in [0.25, 0.3) is 0 Å². The SMILES string of the molecule is Cc1cscc1C(O)c1c(Cl)cnn1C(C)C. The number of aliphatic hydroxyl groups excluding tert-OH is 1. The van der Waals surface area contributed by atoms with E-state index in [2.05, 4.69) is 5.10 Å². The molecule has 92 valence electrons. The number of aromatic nitrogens is 2. The third-order valence-corrected chi connectivity index (χ3v) is 3.90. The molecule has 2 rings (SSSR count). The molecule has 1 unspecified atom stereocenters. The van der Waals surface area contributed by atoms with Gasteiger partial charge in [-0.25, -0.2) is 0 Å². The van der Waals surface area contributed by atoms with E-state index in [9.17, 15) is 5.11 Å². The average Bonchev–Trinajstić information content (AvgIpc) is 2.83. The van der Waals surface area contributed by atoms with Crippen molar-refractivity contribution in [1.29, 1.82) is 0 Å². The van der Waals surface area contributed by atoms with E-state index in [0.29, 0.717) is 10.7 Å². The van der Waals surface area contributed by atoms with Gasteiger partial charge in [-0.05, 0) is 37.1 Å². The Bertz CT molecular complexity index is 518. The molecule has 0 aromatic carbocycles. The summed E-state index contributed by atoms with van der Waals surface area (Å²) in [4.78, 5) is 0. The lowest BCUT2D eigenvalue weighted by molar-refractivity contribution is 0.205. The molecule has 0 spiro atoms. The van der Waals surface area contributed by atoms with Gasteiger partial charge >= 0.3 is 0 Å². The summed E-state index contributed by atoms with van der Waals surface area (Å²) in [6, 6.07) is 0.172. The smallest absolute Gasteiger partial charge is 0.123 e. The summed E-state index contributed by atoms with van der Waals surface area (Å²) in [7, 11) is 0. The molecule has 0 bridgehead atoms. The van der Waals surface area contributed by atoms with Crippen molar-refractivity contribution in [2.24, 2.45) is 0 Å². The van der Waals surface area contributed by atoms with E-state index in [-0.39, 0.29) is 6.04 Å². The van der Waals surface area contributed by atoms with Crippen LogP contribution in [0.1, 0.15) is 42.8 Å². The van der Waals surface area contributed by atoms with Gasteiger partial charge in [-0.1, -0.05) is 11.6 Å². The second-order valence-corrected chi connectivity index (χ2v) is 5.48. The van der Waals surface area contributed by atoms with Crippen LogP contribution in [0.4, 0.5) is 0 Å². The van der Waals surface area contributed by atoms with Crippen LogP contribution in [0.15, 0.2) is 17.0 Å². The Hall–Kier alpha value is -0.840. The summed E-state index contributed by atoms with van der Waals surface area (Å²) in [6.45, 7) is 6.01. The zero-order valence-electron chi connectivity index (χ0n) is 10.0. The fourth-order valence-electron chi connectivity index (χ4n) is 1.82. The topological polar surface area (TPSA) is 38.1 Å². The zero-order chi connectivity index (χ0) is 12.6. The van der Waals surface area contributed by atoms with Crippen LogP contribution in [-0.4, -0.2) is 14.9 Å². The average molecular weight is 271 g/mol. The highest BCUT2D eigenvalue weighted by atomic mass is 35.5. The van der Waals surface area contributed by atoms with Crippen molar-refractivity contribution < 1.29 is 5.11 Å². The van der Waals surface area contributed by atoms with E-state index in [4.69, 9.17) is 11.6 Å². The highest BCUT2D eigenvalue weighted by Crippen LogP contribution is 2.32. The first-order valence-electron chi connectivity index (χ1n) is 5.46. The number of halogens is 1. The number of rotatable bonds is 3. The molecule has 0 aliphatic carbocycles. The lowest BCUT2D eigenvalue weighted by Crippen LogP contribution is -2.12. The molecule has 1 atom stereocenters. The summed E-state index contributed by atoms with van der Waals surface area (Å²) in [5.74, 6) is 0. The lowest BCUT2D eigenvalue weighted by Gasteiger charge is -2.16. The van der Waals surface area contributed by atoms with Gasteiger partial charge in [-0.15, -0.1) is 0 Å². The van der Waals surface area contributed by atoms with Crippen molar-refractivity contribution in [2.75, 3.05) is 0 Å². The summed E-state index contributed by atoms with van der Waals surface area (Å²) < 4.78 is 1.77. The molecule has 17 heavy (non-hydrogen) atoms. The molecular formula is C12H15ClN2OS. The fraction of sp³-hybridized carbons (Fsp3) is 0.417. The van der Waals surface area contributed by atoms with E-state index in [1.807, 2.05) is 31.5 Å². The minimum absolute atomic E-state index is 0.172. The maximum absolute atomic E-state index is 10.4. The summed E-state index contributed by atoms with van der Waals surface area (Å²) >= 11 is 7.69.